The van der Waals surface area contributed by atoms with Crippen LogP contribution in [-0.4, -0.2) is 9.55 Å². The lowest BCUT2D eigenvalue weighted by Gasteiger charge is -2.21. The zero-order chi connectivity index (χ0) is 14.2. The molecular weight excluding hydrogens is 246 g/mol. The van der Waals surface area contributed by atoms with Gasteiger partial charge in [-0.25, -0.2) is 4.98 Å². The fraction of sp³-hybridized carbons (Fsp3) is 0.235. The Morgan fingerprint density at radius 3 is 2.65 bits per heavy atom. The van der Waals surface area contributed by atoms with Crippen molar-refractivity contribution >= 4 is 10.8 Å². The standard InChI is InChI=1S/C17H19N3/c1-17(2,18)16-10-19-12-20(16)11-14-8-5-7-13-6-3-4-9-15(13)14/h3-10,12H,11,18H2,1-2H3. The van der Waals surface area contributed by atoms with Gasteiger partial charge in [0.2, 0.25) is 0 Å². The molecule has 102 valence electrons. The molecule has 0 atom stereocenters. The van der Waals surface area contributed by atoms with Crippen LogP contribution >= 0.6 is 0 Å². The summed E-state index contributed by atoms with van der Waals surface area (Å²) in [7, 11) is 0. The van der Waals surface area contributed by atoms with E-state index in [2.05, 4.69) is 52.0 Å². The Bertz CT molecular complexity index is 730. The molecule has 3 aromatic rings. The maximum atomic E-state index is 6.21. The first-order valence-electron chi connectivity index (χ1n) is 6.82. The average Bonchev–Trinajstić information content (AvgIpc) is 2.87. The van der Waals surface area contributed by atoms with Crippen LogP contribution in [0.5, 0.6) is 0 Å². The molecule has 0 spiro atoms. The summed E-state index contributed by atoms with van der Waals surface area (Å²) in [6, 6.07) is 14.8. The second-order valence-corrected chi connectivity index (χ2v) is 5.77. The van der Waals surface area contributed by atoms with Gasteiger partial charge in [-0.15, -0.1) is 0 Å². The van der Waals surface area contributed by atoms with Gasteiger partial charge in [0.1, 0.15) is 0 Å². The summed E-state index contributed by atoms with van der Waals surface area (Å²) in [5.74, 6) is 0. The number of hydrogen-bond donors (Lipinski definition) is 1. The van der Waals surface area contributed by atoms with Crippen molar-refractivity contribution in [3.63, 3.8) is 0 Å². The topological polar surface area (TPSA) is 43.8 Å². The Hall–Kier alpha value is -2.13. The van der Waals surface area contributed by atoms with E-state index in [-0.39, 0.29) is 5.54 Å². The lowest BCUT2D eigenvalue weighted by atomic mass is 10.0. The smallest absolute Gasteiger partial charge is 0.0951 e. The normalized spacial score (nSPS) is 11.9. The molecule has 3 heteroatoms. The van der Waals surface area contributed by atoms with E-state index in [1.54, 1.807) is 0 Å². The molecular formula is C17H19N3. The minimum Gasteiger partial charge on any atom is -0.328 e. The molecule has 0 amide bonds. The fourth-order valence-corrected chi connectivity index (χ4v) is 2.60. The molecule has 0 aliphatic carbocycles. The highest BCUT2D eigenvalue weighted by Crippen LogP contribution is 2.22. The quantitative estimate of drug-likeness (QED) is 0.789. The SMILES string of the molecule is CC(C)(N)c1cncn1Cc1cccc2ccccc12. The molecule has 20 heavy (non-hydrogen) atoms. The predicted octanol–water partition coefficient (Wildman–Crippen LogP) is 3.28. The molecule has 0 radical (unpaired) electrons. The van der Waals surface area contributed by atoms with E-state index < -0.39 is 0 Å². The van der Waals surface area contributed by atoms with Gasteiger partial charge in [0.05, 0.1) is 17.6 Å². The maximum absolute atomic E-state index is 6.21. The van der Waals surface area contributed by atoms with Gasteiger partial charge < -0.3 is 10.3 Å². The van der Waals surface area contributed by atoms with Crippen LogP contribution in [0.25, 0.3) is 10.8 Å². The third kappa shape index (κ3) is 2.32. The van der Waals surface area contributed by atoms with Gasteiger partial charge in [-0.05, 0) is 30.2 Å². The molecule has 1 heterocycles. The summed E-state index contributed by atoms with van der Waals surface area (Å²) < 4.78 is 2.13. The highest BCUT2D eigenvalue weighted by atomic mass is 15.1. The summed E-state index contributed by atoms with van der Waals surface area (Å²) in [6.07, 6.45) is 3.71. The molecule has 0 saturated carbocycles. The number of hydrogen-bond acceptors (Lipinski definition) is 2. The zero-order valence-corrected chi connectivity index (χ0v) is 11.9. The number of benzene rings is 2. The Kier molecular flexibility index (Phi) is 3.07. The monoisotopic (exact) mass is 265 g/mol. The largest absolute Gasteiger partial charge is 0.328 e. The first-order chi connectivity index (χ1) is 9.55. The lowest BCUT2D eigenvalue weighted by Crippen LogP contribution is -2.31. The Labute approximate surface area is 119 Å². The van der Waals surface area contributed by atoms with Crippen LogP contribution in [0.4, 0.5) is 0 Å². The van der Waals surface area contributed by atoms with Crippen LogP contribution in [0, 0.1) is 0 Å². The maximum Gasteiger partial charge on any atom is 0.0951 e. The highest BCUT2D eigenvalue weighted by Gasteiger charge is 2.19. The summed E-state index contributed by atoms with van der Waals surface area (Å²) >= 11 is 0. The van der Waals surface area contributed by atoms with Crippen LogP contribution in [0.2, 0.25) is 0 Å². The molecule has 0 aliphatic heterocycles. The van der Waals surface area contributed by atoms with Crippen molar-refractivity contribution in [1.82, 2.24) is 9.55 Å². The van der Waals surface area contributed by atoms with E-state index in [1.165, 1.54) is 16.3 Å². The minimum absolute atomic E-state index is 0.388. The third-order valence-electron chi connectivity index (χ3n) is 3.59. The van der Waals surface area contributed by atoms with Gasteiger partial charge in [-0.2, -0.15) is 0 Å². The van der Waals surface area contributed by atoms with Crippen molar-refractivity contribution in [3.05, 3.63) is 66.2 Å². The first kappa shape index (κ1) is 12.9. The predicted molar refractivity (Wildman–Crippen MR) is 82.5 cm³/mol. The van der Waals surface area contributed by atoms with Crippen LogP contribution in [0.15, 0.2) is 55.0 Å². The van der Waals surface area contributed by atoms with E-state index >= 15 is 0 Å². The summed E-state index contributed by atoms with van der Waals surface area (Å²) in [5, 5.41) is 2.54. The van der Waals surface area contributed by atoms with Gasteiger partial charge in [-0.3, -0.25) is 0 Å². The summed E-state index contributed by atoms with van der Waals surface area (Å²) in [5.41, 5.74) is 8.15. The van der Waals surface area contributed by atoms with Crippen molar-refractivity contribution < 1.29 is 0 Å². The number of aromatic nitrogens is 2. The molecule has 0 fully saturated rings. The van der Waals surface area contributed by atoms with Crippen molar-refractivity contribution in [2.24, 2.45) is 5.73 Å². The molecule has 0 unspecified atom stereocenters. The van der Waals surface area contributed by atoms with Gasteiger partial charge in [-0.1, -0.05) is 42.5 Å². The number of nitrogens with zero attached hydrogens (tertiary/aromatic N) is 2. The second kappa shape index (κ2) is 4.76. The minimum atomic E-state index is -0.388. The van der Waals surface area contributed by atoms with E-state index in [1.807, 2.05) is 26.4 Å². The second-order valence-electron chi connectivity index (χ2n) is 5.77. The molecule has 3 rings (SSSR count). The number of fused-ring (bicyclic) bond motifs is 1. The Balaban J connectivity index is 2.05. The van der Waals surface area contributed by atoms with Gasteiger partial charge in [0, 0.05) is 12.7 Å². The zero-order valence-electron chi connectivity index (χ0n) is 11.9. The van der Waals surface area contributed by atoms with E-state index in [0.29, 0.717) is 0 Å². The number of nitrogens with two attached hydrogens (primary N) is 1. The van der Waals surface area contributed by atoms with Crippen molar-refractivity contribution in [2.45, 2.75) is 25.9 Å². The molecule has 0 bridgehead atoms. The molecule has 0 aliphatic rings. The fourth-order valence-electron chi connectivity index (χ4n) is 2.60. The van der Waals surface area contributed by atoms with Crippen LogP contribution < -0.4 is 5.73 Å². The van der Waals surface area contributed by atoms with Gasteiger partial charge in [0.25, 0.3) is 0 Å². The van der Waals surface area contributed by atoms with E-state index in [0.717, 1.165) is 12.2 Å². The highest BCUT2D eigenvalue weighted by molar-refractivity contribution is 5.85. The van der Waals surface area contributed by atoms with Crippen LogP contribution in [0.1, 0.15) is 25.1 Å². The van der Waals surface area contributed by atoms with Crippen molar-refractivity contribution in [2.75, 3.05) is 0 Å². The first-order valence-corrected chi connectivity index (χ1v) is 6.82. The van der Waals surface area contributed by atoms with Crippen molar-refractivity contribution in [1.29, 1.82) is 0 Å². The molecule has 1 aromatic heterocycles. The lowest BCUT2D eigenvalue weighted by molar-refractivity contribution is 0.504. The van der Waals surface area contributed by atoms with E-state index in [4.69, 9.17) is 5.73 Å². The van der Waals surface area contributed by atoms with Gasteiger partial charge in [0.15, 0.2) is 0 Å². The molecule has 2 aromatic carbocycles. The van der Waals surface area contributed by atoms with Gasteiger partial charge >= 0.3 is 0 Å². The third-order valence-corrected chi connectivity index (χ3v) is 3.59. The number of imidazole rings is 1. The molecule has 0 saturated heterocycles. The van der Waals surface area contributed by atoms with Crippen LogP contribution in [0.3, 0.4) is 0 Å². The van der Waals surface area contributed by atoms with Crippen LogP contribution in [-0.2, 0) is 12.1 Å². The number of rotatable bonds is 3. The Morgan fingerprint density at radius 2 is 1.85 bits per heavy atom. The molecule has 2 N–H and O–H groups in total. The van der Waals surface area contributed by atoms with E-state index in [9.17, 15) is 0 Å². The molecule has 3 nitrogen and oxygen atoms in total. The van der Waals surface area contributed by atoms with Crippen molar-refractivity contribution in [3.8, 4) is 0 Å². The average molecular weight is 265 g/mol. The summed E-state index contributed by atoms with van der Waals surface area (Å²) in [6.45, 7) is 4.80. The summed E-state index contributed by atoms with van der Waals surface area (Å²) in [4.78, 5) is 4.25. The Morgan fingerprint density at radius 1 is 1.10 bits per heavy atom.